The topological polar surface area (TPSA) is 189 Å². The number of ketones is 1. The number of benzene rings is 2. The van der Waals surface area contributed by atoms with E-state index in [9.17, 15) is 45.5 Å². The number of aromatic nitrogens is 4. The van der Waals surface area contributed by atoms with E-state index in [0.717, 1.165) is 29.7 Å². The summed E-state index contributed by atoms with van der Waals surface area (Å²) in [6.45, 7) is 7.11. The molecule has 1 aliphatic rings. The number of nitrogens with zero attached hydrogens (tertiary/aromatic N) is 4. The van der Waals surface area contributed by atoms with Gasteiger partial charge >= 0.3 is 29.8 Å². The molecule has 2 aromatic heterocycles. The number of carboxylic acids is 1. The number of halogens is 6. The molecule has 2 aromatic carbocycles. The zero-order chi connectivity index (χ0) is 47.7. The lowest BCUT2D eigenvalue weighted by Gasteiger charge is -2.29. The Balaban J connectivity index is 1.29. The fourth-order valence-electron chi connectivity index (χ4n) is 7.21. The number of alkyl halides is 6. The van der Waals surface area contributed by atoms with Crippen LogP contribution in [0.4, 0.5) is 36.8 Å². The number of carboxylic acid groups (broad SMARTS) is 1. The Labute approximate surface area is 371 Å². The summed E-state index contributed by atoms with van der Waals surface area (Å²) in [6.07, 6.45) is 4.60. The molecule has 65 heavy (non-hydrogen) atoms. The molecule has 0 aliphatic heterocycles. The smallest absolute Gasteiger partial charge is 0.411 e. The van der Waals surface area contributed by atoms with E-state index in [1.165, 1.54) is 29.4 Å². The molecular weight excluding hydrogens is 865 g/mol. The van der Waals surface area contributed by atoms with Gasteiger partial charge in [0.25, 0.3) is 0 Å². The SMILES string of the molecule is CN(C)CCCOc1ccc(-c2cccc(C[C@H](CC(=O)C3CCC(CNC(=O)OC(C)(C)C)CC3)C(=O)Nc3ccc(-c4n[nH]c(C(F)(F)C(F)(F)C(F)(F)C(=O)O)n4)cc3)c2)cn1. The van der Waals surface area contributed by atoms with Crippen LogP contribution in [0.2, 0.25) is 0 Å². The molecule has 2 heterocycles. The van der Waals surface area contributed by atoms with Crippen LogP contribution in [0.5, 0.6) is 5.88 Å². The van der Waals surface area contributed by atoms with Crippen molar-refractivity contribution in [2.45, 2.75) is 89.1 Å². The fraction of sp³-hybridized carbons (Fsp3) is 0.489. The second kappa shape index (κ2) is 20.8. The molecule has 0 radical (unpaired) electrons. The molecule has 0 spiro atoms. The molecule has 0 bridgehead atoms. The summed E-state index contributed by atoms with van der Waals surface area (Å²) in [5.74, 6) is -25.5. The summed E-state index contributed by atoms with van der Waals surface area (Å²) in [4.78, 5) is 60.5. The van der Waals surface area contributed by atoms with Crippen molar-refractivity contribution in [1.82, 2.24) is 30.4 Å². The van der Waals surface area contributed by atoms with E-state index in [1.54, 1.807) is 33.0 Å². The molecular formula is C45H53F6N7O7. The molecule has 1 fully saturated rings. The minimum atomic E-state index is -6.38. The maximum Gasteiger partial charge on any atom is 0.411 e. The van der Waals surface area contributed by atoms with Crippen LogP contribution < -0.4 is 15.4 Å². The van der Waals surface area contributed by atoms with Gasteiger partial charge in [0, 0.05) is 60.4 Å². The third-order valence-corrected chi connectivity index (χ3v) is 10.8. The number of rotatable bonds is 20. The number of Topliss-reactive ketones (excluding diaryl/α,β-unsaturated/α-hetero) is 1. The molecule has 0 saturated heterocycles. The minimum absolute atomic E-state index is 0.0477. The summed E-state index contributed by atoms with van der Waals surface area (Å²) >= 11 is 0. The van der Waals surface area contributed by atoms with Crippen LogP contribution in [-0.2, 0) is 31.5 Å². The normalized spacial score (nSPS) is 16.4. The number of amides is 2. The number of hydrogen-bond donors (Lipinski definition) is 4. The van der Waals surface area contributed by atoms with Crippen LogP contribution in [0.3, 0.4) is 0 Å². The molecule has 4 N–H and O–H groups in total. The van der Waals surface area contributed by atoms with Gasteiger partial charge in [-0.3, -0.25) is 14.7 Å². The number of aromatic amines is 1. The van der Waals surface area contributed by atoms with Crippen LogP contribution in [-0.4, -0.2) is 105 Å². The lowest BCUT2D eigenvalue weighted by atomic mass is 9.77. The molecule has 4 aromatic rings. The number of pyridine rings is 1. The molecule has 5 rings (SSSR count). The molecule has 20 heteroatoms. The average molecular weight is 918 g/mol. The van der Waals surface area contributed by atoms with E-state index in [-0.39, 0.29) is 41.7 Å². The quantitative estimate of drug-likeness (QED) is 0.0492. The second-order valence-electron chi connectivity index (χ2n) is 17.4. The van der Waals surface area contributed by atoms with Crippen molar-refractivity contribution in [3.8, 4) is 28.4 Å². The number of carbonyl (C=O) groups excluding carboxylic acids is 3. The third-order valence-electron chi connectivity index (χ3n) is 10.8. The Morgan fingerprint density at radius 2 is 1.58 bits per heavy atom. The Bertz CT molecular complexity index is 2260. The average Bonchev–Trinajstić information content (AvgIpc) is 3.76. The monoisotopic (exact) mass is 917 g/mol. The van der Waals surface area contributed by atoms with E-state index >= 15 is 0 Å². The van der Waals surface area contributed by atoms with Crippen molar-refractivity contribution in [3.05, 3.63) is 78.2 Å². The molecule has 14 nitrogen and oxygen atoms in total. The largest absolute Gasteiger partial charge is 0.478 e. The first-order valence-corrected chi connectivity index (χ1v) is 21.0. The van der Waals surface area contributed by atoms with Crippen molar-refractivity contribution in [3.63, 3.8) is 0 Å². The number of hydrogen-bond acceptors (Lipinski definition) is 10. The van der Waals surface area contributed by atoms with E-state index in [2.05, 4.69) is 30.6 Å². The Morgan fingerprint density at radius 1 is 0.908 bits per heavy atom. The number of H-pyrrole nitrogens is 1. The number of anilines is 1. The molecule has 2 amide bonds. The number of carbonyl (C=O) groups is 4. The molecule has 0 unspecified atom stereocenters. The van der Waals surface area contributed by atoms with Gasteiger partial charge in [-0.05, 0) is 121 Å². The summed E-state index contributed by atoms with van der Waals surface area (Å²) < 4.78 is 95.7. The first-order chi connectivity index (χ1) is 30.5. The Morgan fingerprint density at radius 3 is 2.20 bits per heavy atom. The summed E-state index contributed by atoms with van der Waals surface area (Å²) in [7, 11) is 3.96. The van der Waals surface area contributed by atoms with Crippen LogP contribution >= 0.6 is 0 Å². The van der Waals surface area contributed by atoms with Gasteiger partial charge in [-0.15, -0.1) is 0 Å². The summed E-state index contributed by atoms with van der Waals surface area (Å²) in [6, 6.07) is 16.3. The van der Waals surface area contributed by atoms with Gasteiger partial charge in [0.1, 0.15) is 11.4 Å². The highest BCUT2D eigenvalue weighted by Crippen LogP contribution is 2.50. The van der Waals surface area contributed by atoms with E-state index < -0.39 is 58.9 Å². The van der Waals surface area contributed by atoms with Gasteiger partial charge in [-0.1, -0.05) is 24.3 Å². The summed E-state index contributed by atoms with van der Waals surface area (Å²) in [5, 5.41) is 18.9. The van der Waals surface area contributed by atoms with Crippen LogP contribution in [0.15, 0.2) is 66.9 Å². The van der Waals surface area contributed by atoms with E-state index in [0.29, 0.717) is 44.7 Å². The van der Waals surface area contributed by atoms with Gasteiger partial charge in [0.2, 0.25) is 17.6 Å². The van der Waals surface area contributed by atoms with E-state index in [4.69, 9.17) is 14.6 Å². The first-order valence-electron chi connectivity index (χ1n) is 21.0. The predicted octanol–water partition coefficient (Wildman–Crippen LogP) is 8.40. The fourth-order valence-corrected chi connectivity index (χ4v) is 7.21. The molecule has 1 aliphatic carbocycles. The predicted molar refractivity (Wildman–Crippen MR) is 227 cm³/mol. The van der Waals surface area contributed by atoms with Gasteiger partial charge < -0.3 is 30.1 Å². The lowest BCUT2D eigenvalue weighted by molar-refractivity contribution is -0.311. The Hall–Kier alpha value is -6.05. The van der Waals surface area contributed by atoms with Crippen molar-refractivity contribution in [2.75, 3.05) is 39.1 Å². The highest BCUT2D eigenvalue weighted by Gasteiger charge is 2.77. The van der Waals surface area contributed by atoms with Crippen LogP contribution in [0, 0.1) is 17.8 Å². The van der Waals surface area contributed by atoms with Gasteiger partial charge in [-0.25, -0.2) is 19.6 Å². The third kappa shape index (κ3) is 13.0. The van der Waals surface area contributed by atoms with Gasteiger partial charge in [-0.2, -0.15) is 31.4 Å². The van der Waals surface area contributed by atoms with Crippen LogP contribution in [0.1, 0.15) is 70.7 Å². The maximum atomic E-state index is 14.6. The molecule has 1 atom stereocenters. The first kappa shape index (κ1) is 50.0. The molecule has 352 valence electrons. The second-order valence-corrected chi connectivity index (χ2v) is 17.4. The minimum Gasteiger partial charge on any atom is -0.478 e. The molecule has 1 saturated carbocycles. The van der Waals surface area contributed by atoms with Gasteiger partial charge in [0.05, 0.1) is 6.61 Å². The lowest BCUT2D eigenvalue weighted by Crippen LogP contribution is -2.56. The van der Waals surface area contributed by atoms with Crippen molar-refractivity contribution in [1.29, 1.82) is 0 Å². The highest BCUT2D eigenvalue weighted by molar-refractivity contribution is 5.96. The van der Waals surface area contributed by atoms with Crippen molar-refractivity contribution < 1.29 is 60.1 Å². The number of ether oxygens (including phenoxy) is 2. The highest BCUT2D eigenvalue weighted by atomic mass is 19.3. The number of alkyl carbamates (subject to hydrolysis) is 1. The Kier molecular flexibility index (Phi) is 16.0. The summed E-state index contributed by atoms with van der Waals surface area (Å²) in [5.41, 5.74) is 1.90. The maximum absolute atomic E-state index is 14.6. The standard InChI is InChI=1S/C45H53F6N7O7/c1-42(2,3)65-41(63)53-25-27-10-12-29(13-11-27)35(59)24-33(23-28-8-6-9-31(22-28)32-16-19-36(52-26-32)64-21-7-20-58(4)5)38(60)54-34-17-14-30(15-18-34)37-55-39(57-56-37)43(46,47)45(50,51)44(48,49)40(61)62/h6,8-9,14-19,22,26-27,29,33H,7,10-13,20-21,23-25H2,1-5H3,(H,53,63)(H,54,60)(H,61,62)(H,55,56,57)/t27?,29?,33-/m1/s1. The number of aliphatic carboxylic acids is 1. The van der Waals surface area contributed by atoms with Crippen LogP contribution in [0.25, 0.3) is 22.5 Å². The van der Waals surface area contributed by atoms with Crippen molar-refractivity contribution >= 4 is 29.4 Å². The zero-order valence-corrected chi connectivity index (χ0v) is 36.6. The van der Waals surface area contributed by atoms with Crippen molar-refractivity contribution in [2.24, 2.45) is 17.8 Å². The van der Waals surface area contributed by atoms with E-state index in [1.807, 2.05) is 44.4 Å². The number of nitrogens with one attached hydrogen (secondary N) is 3. The zero-order valence-electron chi connectivity index (χ0n) is 36.6. The van der Waals surface area contributed by atoms with Gasteiger partial charge in [0.15, 0.2) is 5.82 Å².